The molecule has 1 aliphatic rings. The van der Waals surface area contributed by atoms with E-state index in [9.17, 15) is 22.8 Å². The molecule has 1 N–H and O–H groups in total. The van der Waals surface area contributed by atoms with Crippen molar-refractivity contribution in [1.82, 2.24) is 9.47 Å². The predicted octanol–water partition coefficient (Wildman–Crippen LogP) is 3.61. The summed E-state index contributed by atoms with van der Waals surface area (Å²) in [4.78, 5) is 40.1. The van der Waals surface area contributed by atoms with Crippen LogP contribution in [0, 0.1) is 0 Å². The molecular weight excluding hydrogens is 486 g/mol. The Labute approximate surface area is 208 Å². The molecule has 2 aromatic carbocycles. The van der Waals surface area contributed by atoms with Gasteiger partial charge in [-0.1, -0.05) is 30.4 Å². The van der Waals surface area contributed by atoms with Crippen LogP contribution in [0.15, 0.2) is 52.2 Å². The van der Waals surface area contributed by atoms with Gasteiger partial charge in [0.25, 0.3) is 0 Å². The van der Waals surface area contributed by atoms with Crippen molar-refractivity contribution in [2.45, 2.75) is 50.5 Å². The summed E-state index contributed by atoms with van der Waals surface area (Å²) in [6.45, 7) is 4.81. The summed E-state index contributed by atoms with van der Waals surface area (Å²) >= 11 is 1.05. The Balaban J connectivity index is 1.47. The van der Waals surface area contributed by atoms with Gasteiger partial charge in [0.15, 0.2) is 9.84 Å². The number of sulfone groups is 1. The first-order valence-corrected chi connectivity index (χ1v) is 14.2. The standard InChI is InChI=1S/C25H29N3O5S2/c1-3-35(32,33)20-10-7-18(8-11-20)15-23(29)26-19-9-12-21-22(16-19)34-25(31)28(21)17(2)24(30)27-13-5-4-6-14-27/h7-12,16-17H,3-6,13-15H2,1-2H3,(H,26,29). The molecule has 0 saturated carbocycles. The smallest absolute Gasteiger partial charge is 0.308 e. The molecule has 0 bridgehead atoms. The highest BCUT2D eigenvalue weighted by Crippen LogP contribution is 2.26. The van der Waals surface area contributed by atoms with Gasteiger partial charge in [-0.3, -0.25) is 19.0 Å². The van der Waals surface area contributed by atoms with E-state index in [1.807, 2.05) is 4.90 Å². The zero-order valence-electron chi connectivity index (χ0n) is 19.8. The summed E-state index contributed by atoms with van der Waals surface area (Å²) in [6.07, 6.45) is 3.19. The number of rotatable bonds is 7. The van der Waals surface area contributed by atoms with Crippen molar-refractivity contribution >= 4 is 48.9 Å². The number of benzene rings is 2. The van der Waals surface area contributed by atoms with Gasteiger partial charge in [-0.2, -0.15) is 0 Å². The number of nitrogens with zero attached hydrogens (tertiary/aromatic N) is 2. The molecule has 35 heavy (non-hydrogen) atoms. The van der Waals surface area contributed by atoms with Gasteiger partial charge in [0.2, 0.25) is 11.8 Å². The monoisotopic (exact) mass is 515 g/mol. The van der Waals surface area contributed by atoms with Crippen molar-refractivity contribution in [3.05, 3.63) is 57.7 Å². The summed E-state index contributed by atoms with van der Waals surface area (Å²) in [6, 6.07) is 10.9. The number of thiazole rings is 1. The van der Waals surface area contributed by atoms with E-state index in [2.05, 4.69) is 5.32 Å². The molecule has 10 heteroatoms. The molecule has 186 valence electrons. The number of piperidine rings is 1. The van der Waals surface area contributed by atoms with E-state index in [-0.39, 0.29) is 33.8 Å². The lowest BCUT2D eigenvalue weighted by Crippen LogP contribution is -2.41. The molecule has 4 rings (SSSR count). The highest BCUT2D eigenvalue weighted by atomic mass is 32.2. The molecule has 0 aliphatic carbocycles. The van der Waals surface area contributed by atoms with Gasteiger partial charge < -0.3 is 10.2 Å². The van der Waals surface area contributed by atoms with Crippen LogP contribution < -0.4 is 10.2 Å². The van der Waals surface area contributed by atoms with Gasteiger partial charge in [-0.25, -0.2) is 8.42 Å². The van der Waals surface area contributed by atoms with Crippen molar-refractivity contribution in [2.75, 3.05) is 24.2 Å². The number of aromatic nitrogens is 1. The lowest BCUT2D eigenvalue weighted by atomic mass is 10.1. The van der Waals surface area contributed by atoms with Crippen molar-refractivity contribution in [3.8, 4) is 0 Å². The first-order valence-electron chi connectivity index (χ1n) is 11.7. The summed E-state index contributed by atoms with van der Waals surface area (Å²) < 4.78 is 26.1. The number of anilines is 1. The van der Waals surface area contributed by atoms with E-state index in [1.54, 1.807) is 44.2 Å². The SMILES string of the molecule is CCS(=O)(=O)c1ccc(CC(=O)Nc2ccc3c(c2)sc(=O)n3C(C)C(=O)N2CCCCC2)cc1. The molecule has 8 nitrogen and oxygen atoms in total. The first kappa shape index (κ1) is 25.1. The number of hydrogen-bond acceptors (Lipinski definition) is 6. The van der Waals surface area contributed by atoms with Crippen LogP contribution in [0.25, 0.3) is 10.2 Å². The molecule has 0 radical (unpaired) electrons. The van der Waals surface area contributed by atoms with E-state index in [4.69, 9.17) is 0 Å². The van der Waals surface area contributed by atoms with E-state index < -0.39 is 15.9 Å². The number of nitrogens with one attached hydrogen (secondary N) is 1. The molecule has 1 saturated heterocycles. The van der Waals surface area contributed by atoms with Gasteiger partial charge in [-0.05, 0) is 62.1 Å². The minimum Gasteiger partial charge on any atom is -0.341 e. The Morgan fingerprint density at radius 1 is 1.06 bits per heavy atom. The van der Waals surface area contributed by atoms with Crippen LogP contribution in [-0.4, -0.2) is 48.5 Å². The van der Waals surface area contributed by atoms with Gasteiger partial charge in [0.1, 0.15) is 6.04 Å². The normalized spacial score (nSPS) is 15.2. The second-order valence-corrected chi connectivity index (χ2v) is 12.0. The third kappa shape index (κ3) is 5.48. The largest absolute Gasteiger partial charge is 0.341 e. The fourth-order valence-corrected chi connectivity index (χ4v) is 6.23. The maximum Gasteiger partial charge on any atom is 0.308 e. The van der Waals surface area contributed by atoms with Crippen molar-refractivity contribution < 1.29 is 18.0 Å². The van der Waals surface area contributed by atoms with Gasteiger partial charge in [0.05, 0.1) is 27.3 Å². The van der Waals surface area contributed by atoms with Crippen LogP contribution in [0.5, 0.6) is 0 Å². The van der Waals surface area contributed by atoms with Crippen molar-refractivity contribution in [1.29, 1.82) is 0 Å². The third-order valence-corrected chi connectivity index (χ3v) is 9.01. The third-order valence-electron chi connectivity index (χ3n) is 6.34. The van der Waals surface area contributed by atoms with Crippen LogP contribution in [0.1, 0.15) is 44.7 Å². The molecule has 1 aromatic heterocycles. The zero-order valence-corrected chi connectivity index (χ0v) is 21.5. The Morgan fingerprint density at radius 2 is 1.74 bits per heavy atom. The molecule has 2 amide bonds. The zero-order chi connectivity index (χ0) is 25.2. The number of carbonyl (C=O) groups is 2. The molecule has 1 aliphatic heterocycles. The second kappa shape index (κ2) is 10.3. The molecule has 2 heterocycles. The van der Waals surface area contributed by atoms with Crippen LogP contribution in [0.2, 0.25) is 0 Å². The quantitative estimate of drug-likeness (QED) is 0.518. The van der Waals surface area contributed by atoms with Crippen LogP contribution in [0.4, 0.5) is 5.69 Å². The topological polar surface area (TPSA) is 106 Å². The van der Waals surface area contributed by atoms with E-state index in [1.165, 1.54) is 16.7 Å². The number of amides is 2. The number of likely N-dealkylation sites (tertiary alicyclic amines) is 1. The number of carbonyl (C=O) groups excluding carboxylic acids is 2. The van der Waals surface area contributed by atoms with E-state index in [0.717, 1.165) is 43.7 Å². The van der Waals surface area contributed by atoms with Gasteiger partial charge in [0, 0.05) is 18.8 Å². The second-order valence-electron chi connectivity index (χ2n) is 8.75. The van der Waals surface area contributed by atoms with Gasteiger partial charge in [-0.15, -0.1) is 0 Å². The highest BCUT2D eigenvalue weighted by Gasteiger charge is 2.26. The van der Waals surface area contributed by atoms with Crippen LogP contribution in [0.3, 0.4) is 0 Å². The molecular formula is C25H29N3O5S2. The van der Waals surface area contributed by atoms with Crippen LogP contribution in [-0.2, 0) is 25.8 Å². The minimum atomic E-state index is -3.28. The first-order chi connectivity index (χ1) is 16.7. The average Bonchev–Trinajstić information content (AvgIpc) is 3.18. The maximum atomic E-state index is 13.0. The summed E-state index contributed by atoms with van der Waals surface area (Å²) in [5.74, 6) is -0.272. The van der Waals surface area contributed by atoms with Crippen molar-refractivity contribution in [2.24, 2.45) is 0 Å². The van der Waals surface area contributed by atoms with E-state index in [0.29, 0.717) is 21.5 Å². The lowest BCUT2D eigenvalue weighted by Gasteiger charge is -2.29. The average molecular weight is 516 g/mol. The van der Waals surface area contributed by atoms with E-state index >= 15 is 0 Å². The lowest BCUT2D eigenvalue weighted by molar-refractivity contribution is -0.135. The minimum absolute atomic E-state index is 0.0221. The molecule has 1 atom stereocenters. The summed E-state index contributed by atoms with van der Waals surface area (Å²) in [5.41, 5.74) is 1.92. The fourth-order valence-electron chi connectivity index (χ4n) is 4.34. The molecule has 3 aromatic rings. The fraction of sp³-hybridized carbons (Fsp3) is 0.400. The Kier molecular flexibility index (Phi) is 7.42. The van der Waals surface area contributed by atoms with Crippen molar-refractivity contribution in [3.63, 3.8) is 0 Å². The highest BCUT2D eigenvalue weighted by molar-refractivity contribution is 7.91. The predicted molar refractivity (Wildman–Crippen MR) is 138 cm³/mol. The Bertz CT molecular complexity index is 1400. The molecule has 0 spiro atoms. The summed E-state index contributed by atoms with van der Waals surface area (Å²) in [5, 5.41) is 2.83. The van der Waals surface area contributed by atoms with Gasteiger partial charge >= 0.3 is 4.87 Å². The number of hydrogen-bond donors (Lipinski definition) is 1. The summed E-state index contributed by atoms with van der Waals surface area (Å²) in [7, 11) is -3.28. The molecule has 1 unspecified atom stereocenters. The Morgan fingerprint density at radius 3 is 2.40 bits per heavy atom. The molecule has 1 fully saturated rings. The van der Waals surface area contributed by atoms with Crippen LogP contribution >= 0.6 is 11.3 Å². The maximum absolute atomic E-state index is 13.0. The Hall–Kier alpha value is -2.98. The number of fused-ring (bicyclic) bond motifs is 1.